The van der Waals surface area contributed by atoms with Crippen molar-refractivity contribution in [2.45, 2.75) is 6.92 Å². The van der Waals surface area contributed by atoms with Crippen LogP contribution in [-0.4, -0.2) is 31.1 Å². The van der Waals surface area contributed by atoms with E-state index in [1.165, 1.54) is 0 Å². The van der Waals surface area contributed by atoms with Crippen LogP contribution in [-0.2, 0) is 0 Å². The van der Waals surface area contributed by atoms with Gasteiger partial charge in [0.15, 0.2) is 5.82 Å². The van der Waals surface area contributed by atoms with Crippen LogP contribution in [0, 0.1) is 0 Å². The Bertz CT molecular complexity index is 745. The minimum Gasteiger partial charge on any atom is -0.493 e. The maximum absolute atomic E-state index is 6.01. The molecule has 0 unspecified atom stereocenters. The Kier molecular flexibility index (Phi) is 3.79. The standard InChI is InChI=1S/C14H12ClN5O/c1-2-21-11-6-4-3-5-10(11)12-17-13(15)19-14(18-12)20-8-7-16-9-20/h3-9H,2H2,1H3. The van der Waals surface area contributed by atoms with E-state index in [0.717, 1.165) is 5.56 Å². The Morgan fingerprint density at radius 2 is 2.05 bits per heavy atom. The van der Waals surface area contributed by atoms with Gasteiger partial charge in [0.1, 0.15) is 12.1 Å². The highest BCUT2D eigenvalue weighted by Crippen LogP contribution is 2.28. The lowest BCUT2D eigenvalue weighted by atomic mass is 10.2. The minimum absolute atomic E-state index is 0.120. The third-order valence-electron chi connectivity index (χ3n) is 2.76. The van der Waals surface area contributed by atoms with Crippen LogP contribution >= 0.6 is 11.6 Å². The van der Waals surface area contributed by atoms with Gasteiger partial charge in [-0.05, 0) is 30.7 Å². The number of ether oxygens (including phenoxy) is 1. The van der Waals surface area contributed by atoms with Crippen molar-refractivity contribution in [2.24, 2.45) is 0 Å². The van der Waals surface area contributed by atoms with Crippen molar-refractivity contribution in [2.75, 3.05) is 6.61 Å². The molecule has 0 atom stereocenters. The fourth-order valence-corrected chi connectivity index (χ4v) is 2.04. The second-order valence-electron chi connectivity index (χ2n) is 4.13. The number of hydrogen-bond acceptors (Lipinski definition) is 5. The second-order valence-corrected chi connectivity index (χ2v) is 4.47. The Hall–Kier alpha value is -2.47. The highest BCUT2D eigenvalue weighted by molar-refractivity contribution is 6.28. The molecular formula is C14H12ClN5O. The molecule has 1 aromatic carbocycles. The summed E-state index contributed by atoms with van der Waals surface area (Å²) in [5, 5.41) is 0.120. The number of rotatable bonds is 4. The summed E-state index contributed by atoms with van der Waals surface area (Å²) in [4.78, 5) is 16.7. The van der Waals surface area contributed by atoms with E-state index in [1.807, 2.05) is 31.2 Å². The molecule has 0 saturated carbocycles. The molecule has 0 radical (unpaired) electrons. The highest BCUT2D eigenvalue weighted by atomic mass is 35.5. The fourth-order valence-electron chi connectivity index (χ4n) is 1.89. The molecule has 0 fully saturated rings. The Morgan fingerprint density at radius 3 is 2.81 bits per heavy atom. The zero-order chi connectivity index (χ0) is 14.7. The first-order valence-corrected chi connectivity index (χ1v) is 6.78. The fraction of sp³-hybridized carbons (Fsp3) is 0.143. The largest absolute Gasteiger partial charge is 0.493 e. The van der Waals surface area contributed by atoms with Crippen LogP contribution < -0.4 is 4.74 Å². The van der Waals surface area contributed by atoms with Gasteiger partial charge in [0, 0.05) is 12.4 Å². The van der Waals surface area contributed by atoms with Gasteiger partial charge in [-0.1, -0.05) is 12.1 Å². The first-order valence-electron chi connectivity index (χ1n) is 6.40. The smallest absolute Gasteiger partial charge is 0.239 e. The SMILES string of the molecule is CCOc1ccccc1-c1nc(Cl)nc(-n2ccnc2)n1. The molecule has 0 spiro atoms. The summed E-state index contributed by atoms with van der Waals surface area (Å²) in [5.74, 6) is 1.58. The van der Waals surface area contributed by atoms with Crippen LogP contribution in [0.4, 0.5) is 0 Å². The van der Waals surface area contributed by atoms with E-state index in [4.69, 9.17) is 16.3 Å². The molecule has 0 bridgehead atoms. The summed E-state index contributed by atoms with van der Waals surface area (Å²) in [6.07, 6.45) is 4.99. The lowest BCUT2D eigenvalue weighted by Gasteiger charge is -2.09. The molecule has 3 aromatic rings. The Morgan fingerprint density at radius 1 is 1.19 bits per heavy atom. The van der Waals surface area contributed by atoms with E-state index >= 15 is 0 Å². The van der Waals surface area contributed by atoms with Gasteiger partial charge in [-0.15, -0.1) is 0 Å². The number of halogens is 1. The van der Waals surface area contributed by atoms with Gasteiger partial charge in [-0.2, -0.15) is 15.0 Å². The first kappa shape index (κ1) is 13.5. The quantitative estimate of drug-likeness (QED) is 0.741. The molecule has 106 valence electrons. The number of nitrogens with zero attached hydrogens (tertiary/aromatic N) is 5. The van der Waals surface area contributed by atoms with E-state index in [9.17, 15) is 0 Å². The number of imidazole rings is 1. The molecule has 3 rings (SSSR count). The molecule has 2 heterocycles. The van der Waals surface area contributed by atoms with Crippen LogP contribution in [0.1, 0.15) is 6.92 Å². The topological polar surface area (TPSA) is 65.7 Å². The molecule has 2 aromatic heterocycles. The summed E-state index contributed by atoms with van der Waals surface area (Å²) in [5.41, 5.74) is 0.769. The molecule has 0 aliphatic rings. The van der Waals surface area contributed by atoms with E-state index in [2.05, 4.69) is 19.9 Å². The van der Waals surface area contributed by atoms with Crippen molar-refractivity contribution >= 4 is 11.6 Å². The lowest BCUT2D eigenvalue weighted by molar-refractivity contribution is 0.341. The highest BCUT2D eigenvalue weighted by Gasteiger charge is 2.12. The molecule has 6 nitrogen and oxygen atoms in total. The van der Waals surface area contributed by atoms with Gasteiger partial charge >= 0.3 is 0 Å². The van der Waals surface area contributed by atoms with Crippen molar-refractivity contribution in [3.63, 3.8) is 0 Å². The monoisotopic (exact) mass is 301 g/mol. The molecule has 0 N–H and O–H groups in total. The van der Waals surface area contributed by atoms with E-state index < -0.39 is 0 Å². The minimum atomic E-state index is 0.120. The third-order valence-corrected chi connectivity index (χ3v) is 2.93. The number of hydrogen-bond donors (Lipinski definition) is 0. The average molecular weight is 302 g/mol. The predicted octanol–water partition coefficient (Wildman–Crippen LogP) is 2.78. The maximum atomic E-state index is 6.01. The van der Waals surface area contributed by atoms with E-state index in [-0.39, 0.29) is 5.28 Å². The number of benzene rings is 1. The molecule has 0 amide bonds. The maximum Gasteiger partial charge on any atom is 0.239 e. The predicted molar refractivity (Wildman–Crippen MR) is 78.6 cm³/mol. The van der Waals surface area contributed by atoms with Crippen LogP contribution in [0.5, 0.6) is 5.75 Å². The summed E-state index contributed by atoms with van der Waals surface area (Å²) >= 11 is 6.01. The average Bonchev–Trinajstić information content (AvgIpc) is 3.02. The van der Waals surface area contributed by atoms with Gasteiger partial charge in [0.05, 0.1) is 12.2 Å². The Balaban J connectivity index is 2.11. The zero-order valence-electron chi connectivity index (χ0n) is 11.3. The second kappa shape index (κ2) is 5.88. The summed E-state index contributed by atoms with van der Waals surface area (Å²) in [6.45, 7) is 2.48. The van der Waals surface area contributed by atoms with Gasteiger partial charge in [-0.25, -0.2) is 4.98 Å². The Labute approximate surface area is 126 Å². The number of aromatic nitrogens is 5. The van der Waals surface area contributed by atoms with Crippen molar-refractivity contribution in [1.29, 1.82) is 0 Å². The van der Waals surface area contributed by atoms with Crippen LogP contribution in [0.3, 0.4) is 0 Å². The first-order chi connectivity index (χ1) is 10.3. The molecule has 7 heteroatoms. The molecule has 0 saturated heterocycles. The normalized spacial score (nSPS) is 10.6. The zero-order valence-corrected chi connectivity index (χ0v) is 12.0. The summed E-state index contributed by atoms with van der Waals surface area (Å²) in [7, 11) is 0. The van der Waals surface area contributed by atoms with Crippen LogP contribution in [0.25, 0.3) is 17.3 Å². The van der Waals surface area contributed by atoms with E-state index in [0.29, 0.717) is 24.1 Å². The number of para-hydroxylation sites is 1. The van der Waals surface area contributed by atoms with Gasteiger partial charge in [-0.3, -0.25) is 4.57 Å². The van der Waals surface area contributed by atoms with Crippen LogP contribution in [0.2, 0.25) is 5.28 Å². The lowest BCUT2D eigenvalue weighted by Crippen LogP contribution is -2.04. The van der Waals surface area contributed by atoms with Crippen molar-refractivity contribution in [3.05, 3.63) is 48.3 Å². The van der Waals surface area contributed by atoms with Crippen molar-refractivity contribution < 1.29 is 4.74 Å². The van der Waals surface area contributed by atoms with Crippen molar-refractivity contribution in [1.82, 2.24) is 24.5 Å². The van der Waals surface area contributed by atoms with Gasteiger partial charge in [0.2, 0.25) is 11.2 Å². The van der Waals surface area contributed by atoms with Gasteiger partial charge in [0.25, 0.3) is 0 Å². The van der Waals surface area contributed by atoms with Gasteiger partial charge < -0.3 is 4.74 Å². The summed E-state index contributed by atoms with van der Waals surface area (Å²) in [6, 6.07) is 7.54. The molecule has 21 heavy (non-hydrogen) atoms. The van der Waals surface area contributed by atoms with E-state index in [1.54, 1.807) is 23.3 Å². The van der Waals surface area contributed by atoms with Crippen molar-refractivity contribution in [3.8, 4) is 23.1 Å². The van der Waals surface area contributed by atoms with Crippen LogP contribution in [0.15, 0.2) is 43.0 Å². The summed E-state index contributed by atoms with van der Waals surface area (Å²) < 4.78 is 7.27. The molecular weight excluding hydrogens is 290 g/mol. The molecule has 0 aliphatic carbocycles. The third kappa shape index (κ3) is 2.85. The molecule has 0 aliphatic heterocycles.